The molecule has 23 heavy (non-hydrogen) atoms. The van der Waals surface area contributed by atoms with E-state index in [1.807, 2.05) is 53.1 Å². The van der Waals surface area contributed by atoms with Gasteiger partial charge in [-0.3, -0.25) is 4.79 Å². The molecular formula is C19H20FNOS. The van der Waals surface area contributed by atoms with Gasteiger partial charge in [0.25, 0.3) is 0 Å². The maximum Gasteiger partial charge on any atom is 0.223 e. The van der Waals surface area contributed by atoms with Gasteiger partial charge in [0.1, 0.15) is 5.82 Å². The number of benzene rings is 2. The van der Waals surface area contributed by atoms with Crippen molar-refractivity contribution in [2.24, 2.45) is 0 Å². The van der Waals surface area contributed by atoms with Crippen LogP contribution in [0.3, 0.4) is 0 Å². The van der Waals surface area contributed by atoms with Crippen LogP contribution in [0, 0.1) is 5.82 Å². The maximum atomic E-state index is 14.3. The van der Waals surface area contributed by atoms with Gasteiger partial charge in [-0.25, -0.2) is 4.39 Å². The molecule has 1 amide bonds. The van der Waals surface area contributed by atoms with Crippen molar-refractivity contribution in [3.63, 3.8) is 0 Å². The second kappa shape index (κ2) is 7.64. The number of thioether (sulfide) groups is 1. The third-order valence-electron chi connectivity index (χ3n) is 4.23. The summed E-state index contributed by atoms with van der Waals surface area (Å²) in [6.07, 6.45) is 0.315. The molecule has 0 aromatic heterocycles. The van der Waals surface area contributed by atoms with Gasteiger partial charge >= 0.3 is 0 Å². The Kier molecular flexibility index (Phi) is 5.34. The van der Waals surface area contributed by atoms with Crippen LogP contribution in [-0.2, 0) is 4.79 Å². The average molecular weight is 329 g/mol. The first-order valence-corrected chi connectivity index (χ1v) is 9.06. The van der Waals surface area contributed by atoms with Crippen LogP contribution < -0.4 is 0 Å². The highest BCUT2D eigenvalue weighted by molar-refractivity contribution is 7.99. The standard InChI is InChI=1S/C19H20FNOS/c20-18-9-5-4-8-16(18)17(15-6-2-1-3-7-15)14-19(22)21-10-12-23-13-11-21/h1-9,17H,10-14H2. The molecule has 1 aliphatic rings. The van der Waals surface area contributed by atoms with Crippen LogP contribution in [0.1, 0.15) is 23.5 Å². The van der Waals surface area contributed by atoms with Gasteiger partial charge in [0.2, 0.25) is 5.91 Å². The molecule has 1 fully saturated rings. The normalized spacial score (nSPS) is 16.1. The van der Waals surface area contributed by atoms with Crippen molar-refractivity contribution in [1.29, 1.82) is 0 Å². The van der Waals surface area contributed by atoms with E-state index < -0.39 is 0 Å². The predicted molar refractivity (Wildman–Crippen MR) is 93.2 cm³/mol. The minimum absolute atomic E-state index is 0.113. The molecule has 2 aromatic carbocycles. The summed E-state index contributed by atoms with van der Waals surface area (Å²) in [5.41, 5.74) is 1.58. The first-order chi connectivity index (χ1) is 11.3. The Morgan fingerprint density at radius 2 is 1.70 bits per heavy atom. The highest BCUT2D eigenvalue weighted by atomic mass is 32.2. The lowest BCUT2D eigenvalue weighted by molar-refractivity contribution is -0.131. The van der Waals surface area contributed by atoms with Gasteiger partial charge in [-0.2, -0.15) is 11.8 Å². The predicted octanol–water partition coefficient (Wildman–Crippen LogP) is 3.92. The van der Waals surface area contributed by atoms with Crippen LogP contribution in [0.5, 0.6) is 0 Å². The van der Waals surface area contributed by atoms with Gasteiger partial charge in [-0.05, 0) is 17.2 Å². The van der Waals surface area contributed by atoms with Gasteiger partial charge in [0.15, 0.2) is 0 Å². The lowest BCUT2D eigenvalue weighted by atomic mass is 9.87. The fourth-order valence-corrected chi connectivity index (χ4v) is 3.87. The Bertz CT molecular complexity index is 655. The molecule has 4 heteroatoms. The second-order valence-corrected chi connectivity index (χ2v) is 6.91. The van der Waals surface area contributed by atoms with Crippen molar-refractivity contribution in [3.05, 3.63) is 71.5 Å². The number of carbonyl (C=O) groups excluding carboxylic acids is 1. The molecule has 1 unspecified atom stereocenters. The summed E-state index contributed by atoms with van der Waals surface area (Å²) in [7, 11) is 0. The van der Waals surface area contributed by atoms with Crippen molar-refractivity contribution in [2.45, 2.75) is 12.3 Å². The molecule has 2 nitrogen and oxygen atoms in total. The van der Waals surface area contributed by atoms with E-state index in [-0.39, 0.29) is 17.6 Å². The van der Waals surface area contributed by atoms with E-state index >= 15 is 0 Å². The summed E-state index contributed by atoms with van der Waals surface area (Å²) in [5, 5.41) is 0. The molecule has 1 heterocycles. The molecule has 0 aliphatic carbocycles. The molecule has 0 spiro atoms. The molecule has 0 N–H and O–H groups in total. The van der Waals surface area contributed by atoms with Crippen molar-refractivity contribution in [1.82, 2.24) is 4.90 Å². The Balaban J connectivity index is 1.87. The third kappa shape index (κ3) is 3.94. The summed E-state index contributed by atoms with van der Waals surface area (Å²) in [6, 6.07) is 16.5. The molecule has 0 radical (unpaired) electrons. The molecule has 0 saturated carbocycles. The number of carbonyl (C=O) groups is 1. The summed E-state index contributed by atoms with van der Waals surface area (Å²) in [5.74, 6) is 1.60. The minimum Gasteiger partial charge on any atom is -0.341 e. The zero-order chi connectivity index (χ0) is 16.1. The zero-order valence-corrected chi connectivity index (χ0v) is 13.8. The quantitative estimate of drug-likeness (QED) is 0.847. The molecule has 0 bridgehead atoms. The van der Waals surface area contributed by atoms with Crippen LogP contribution in [0.2, 0.25) is 0 Å². The first kappa shape index (κ1) is 16.1. The first-order valence-electron chi connectivity index (χ1n) is 7.90. The van der Waals surface area contributed by atoms with E-state index in [1.54, 1.807) is 12.1 Å². The second-order valence-electron chi connectivity index (χ2n) is 5.68. The fraction of sp³-hybridized carbons (Fsp3) is 0.316. The highest BCUT2D eigenvalue weighted by Gasteiger charge is 2.24. The number of rotatable bonds is 4. The summed E-state index contributed by atoms with van der Waals surface area (Å²) in [6.45, 7) is 1.59. The number of hydrogen-bond acceptors (Lipinski definition) is 2. The number of halogens is 1. The lowest BCUT2D eigenvalue weighted by Gasteiger charge is -2.28. The van der Waals surface area contributed by atoms with Gasteiger partial charge in [-0.15, -0.1) is 0 Å². The smallest absolute Gasteiger partial charge is 0.223 e. The van der Waals surface area contributed by atoms with Crippen molar-refractivity contribution in [3.8, 4) is 0 Å². The summed E-state index contributed by atoms with van der Waals surface area (Å²) < 4.78 is 14.3. The van der Waals surface area contributed by atoms with Crippen molar-refractivity contribution >= 4 is 17.7 Å². The maximum absolute atomic E-state index is 14.3. The number of nitrogens with zero attached hydrogens (tertiary/aromatic N) is 1. The molecule has 1 saturated heterocycles. The minimum atomic E-state index is -0.247. The third-order valence-corrected chi connectivity index (χ3v) is 5.17. The van der Waals surface area contributed by atoms with Gasteiger partial charge < -0.3 is 4.90 Å². The van der Waals surface area contributed by atoms with Crippen molar-refractivity contribution in [2.75, 3.05) is 24.6 Å². The van der Waals surface area contributed by atoms with Crippen LogP contribution in [-0.4, -0.2) is 35.4 Å². The van der Waals surface area contributed by atoms with Crippen LogP contribution in [0.25, 0.3) is 0 Å². The van der Waals surface area contributed by atoms with Crippen LogP contribution in [0.4, 0.5) is 4.39 Å². The zero-order valence-electron chi connectivity index (χ0n) is 13.0. The molecular weight excluding hydrogens is 309 g/mol. The Morgan fingerprint density at radius 3 is 2.39 bits per heavy atom. The Labute approximate surface area is 140 Å². The monoisotopic (exact) mass is 329 g/mol. The topological polar surface area (TPSA) is 20.3 Å². The molecule has 3 rings (SSSR count). The lowest BCUT2D eigenvalue weighted by Crippen LogP contribution is -2.38. The van der Waals surface area contributed by atoms with Gasteiger partial charge in [-0.1, -0.05) is 48.5 Å². The van der Waals surface area contributed by atoms with Crippen LogP contribution >= 0.6 is 11.8 Å². The fourth-order valence-electron chi connectivity index (χ4n) is 2.97. The van der Waals surface area contributed by atoms with E-state index in [1.165, 1.54) is 6.07 Å². The molecule has 2 aromatic rings. The van der Waals surface area contributed by atoms with Crippen molar-refractivity contribution < 1.29 is 9.18 Å². The van der Waals surface area contributed by atoms with E-state index in [0.29, 0.717) is 12.0 Å². The van der Waals surface area contributed by atoms with E-state index in [4.69, 9.17) is 0 Å². The number of hydrogen-bond donors (Lipinski definition) is 0. The molecule has 1 atom stereocenters. The Morgan fingerprint density at radius 1 is 1.04 bits per heavy atom. The molecule has 1 aliphatic heterocycles. The van der Waals surface area contributed by atoms with E-state index in [9.17, 15) is 9.18 Å². The summed E-state index contributed by atoms with van der Waals surface area (Å²) in [4.78, 5) is 14.6. The van der Waals surface area contributed by atoms with Gasteiger partial charge in [0.05, 0.1) is 0 Å². The highest BCUT2D eigenvalue weighted by Crippen LogP contribution is 2.30. The van der Waals surface area contributed by atoms with Gasteiger partial charge in [0, 0.05) is 36.9 Å². The largest absolute Gasteiger partial charge is 0.341 e. The number of amides is 1. The SMILES string of the molecule is O=C(CC(c1ccccc1)c1ccccc1F)N1CCSCC1. The average Bonchev–Trinajstić information content (AvgIpc) is 2.62. The Hall–Kier alpha value is -1.81. The van der Waals surface area contributed by atoms with E-state index in [0.717, 1.165) is 30.2 Å². The van der Waals surface area contributed by atoms with E-state index in [2.05, 4.69) is 0 Å². The molecule has 120 valence electrons. The van der Waals surface area contributed by atoms with Crippen LogP contribution in [0.15, 0.2) is 54.6 Å². The summed E-state index contributed by atoms with van der Waals surface area (Å²) >= 11 is 1.88.